The molecule has 2 aliphatic heterocycles. The van der Waals surface area contributed by atoms with Crippen LogP contribution in [0.4, 0.5) is 0 Å². The Morgan fingerprint density at radius 3 is 2.55 bits per heavy atom. The summed E-state index contributed by atoms with van der Waals surface area (Å²) in [5.74, 6) is 0. The Morgan fingerprint density at radius 2 is 1.85 bits per heavy atom. The van der Waals surface area contributed by atoms with Crippen molar-refractivity contribution < 1.29 is 0 Å². The minimum Gasteiger partial charge on any atom is -0.297 e. The monoisotopic (exact) mass is 272 g/mol. The highest BCUT2D eigenvalue weighted by atomic mass is 15.3. The highest BCUT2D eigenvalue weighted by Gasteiger charge is 2.37. The molecule has 110 valence electrons. The fourth-order valence-electron chi connectivity index (χ4n) is 3.85. The average Bonchev–Trinajstić information content (AvgIpc) is 2.84. The second-order valence-electron chi connectivity index (χ2n) is 7.71. The largest absolute Gasteiger partial charge is 0.297 e. The van der Waals surface area contributed by atoms with E-state index in [1.807, 2.05) is 0 Å². The molecule has 0 aliphatic carbocycles. The zero-order valence-corrected chi connectivity index (χ0v) is 13.2. The maximum absolute atomic E-state index is 2.74. The molecule has 20 heavy (non-hydrogen) atoms. The molecule has 2 heteroatoms. The number of nitrogens with zero attached hydrogens (tertiary/aromatic N) is 2. The summed E-state index contributed by atoms with van der Waals surface area (Å²) < 4.78 is 0. The fourth-order valence-corrected chi connectivity index (χ4v) is 3.85. The molecule has 3 rings (SSSR count). The molecule has 2 heterocycles. The van der Waals surface area contributed by atoms with E-state index >= 15 is 0 Å². The molecule has 0 saturated carbocycles. The van der Waals surface area contributed by atoms with E-state index in [2.05, 4.69) is 60.9 Å². The van der Waals surface area contributed by atoms with Crippen LogP contribution in [0.3, 0.4) is 0 Å². The third-order valence-electron chi connectivity index (χ3n) is 4.65. The highest BCUT2D eigenvalue weighted by Crippen LogP contribution is 2.34. The number of fused-ring (bicyclic) bond motifs is 1. The van der Waals surface area contributed by atoms with Gasteiger partial charge in [0, 0.05) is 31.7 Å². The average molecular weight is 272 g/mol. The van der Waals surface area contributed by atoms with Gasteiger partial charge >= 0.3 is 0 Å². The summed E-state index contributed by atoms with van der Waals surface area (Å²) in [6, 6.07) is 12.5. The molecule has 2 unspecified atom stereocenters. The van der Waals surface area contributed by atoms with E-state index in [1.165, 1.54) is 44.6 Å². The molecule has 0 aromatic heterocycles. The maximum atomic E-state index is 2.74. The van der Waals surface area contributed by atoms with Gasteiger partial charge in [0.15, 0.2) is 0 Å². The van der Waals surface area contributed by atoms with Crippen LogP contribution >= 0.6 is 0 Å². The van der Waals surface area contributed by atoms with E-state index in [0.29, 0.717) is 11.5 Å². The predicted octanol–water partition coefficient (Wildman–Crippen LogP) is 3.55. The summed E-state index contributed by atoms with van der Waals surface area (Å²) in [5.41, 5.74) is 1.86. The van der Waals surface area contributed by atoms with Crippen molar-refractivity contribution in [2.45, 2.75) is 45.7 Å². The van der Waals surface area contributed by atoms with Crippen LogP contribution in [0, 0.1) is 5.41 Å². The highest BCUT2D eigenvalue weighted by molar-refractivity contribution is 5.20. The Balaban J connectivity index is 1.83. The lowest BCUT2D eigenvalue weighted by Crippen LogP contribution is -2.53. The van der Waals surface area contributed by atoms with Crippen molar-refractivity contribution in [1.29, 1.82) is 0 Å². The Kier molecular flexibility index (Phi) is 3.87. The Bertz CT molecular complexity index is 434. The molecule has 0 radical (unpaired) electrons. The number of rotatable bonds is 2. The standard InChI is InChI=1S/C18H28N2/c1-18(2,3)14-20-12-16-10-7-11-19(16)13-17(20)15-8-5-4-6-9-15/h4-6,8-9,16-17H,7,10-14H2,1-3H3. The van der Waals surface area contributed by atoms with Gasteiger partial charge in [-0.2, -0.15) is 0 Å². The molecule has 2 saturated heterocycles. The van der Waals surface area contributed by atoms with E-state index < -0.39 is 0 Å². The third kappa shape index (κ3) is 3.07. The lowest BCUT2D eigenvalue weighted by molar-refractivity contribution is 0.0285. The van der Waals surface area contributed by atoms with Crippen LogP contribution in [-0.4, -0.2) is 42.0 Å². The fraction of sp³-hybridized carbons (Fsp3) is 0.667. The number of benzene rings is 1. The number of hydrogen-bond acceptors (Lipinski definition) is 2. The lowest BCUT2D eigenvalue weighted by atomic mass is 9.92. The normalized spacial score (nSPS) is 28.6. The molecule has 1 aromatic carbocycles. The molecule has 1 aromatic rings. The van der Waals surface area contributed by atoms with Gasteiger partial charge in [-0.15, -0.1) is 0 Å². The van der Waals surface area contributed by atoms with Gasteiger partial charge in [0.05, 0.1) is 0 Å². The van der Waals surface area contributed by atoms with Crippen molar-refractivity contribution in [1.82, 2.24) is 9.80 Å². The van der Waals surface area contributed by atoms with Gasteiger partial charge in [-0.3, -0.25) is 9.80 Å². The first-order valence-corrected chi connectivity index (χ1v) is 8.06. The molecule has 2 aliphatic rings. The van der Waals surface area contributed by atoms with E-state index in [9.17, 15) is 0 Å². The van der Waals surface area contributed by atoms with Gasteiger partial charge < -0.3 is 0 Å². The van der Waals surface area contributed by atoms with Gasteiger partial charge in [-0.25, -0.2) is 0 Å². The maximum Gasteiger partial charge on any atom is 0.0476 e. The Hall–Kier alpha value is -0.860. The number of hydrogen-bond donors (Lipinski definition) is 0. The van der Waals surface area contributed by atoms with Crippen LogP contribution < -0.4 is 0 Å². The molecule has 0 amide bonds. The van der Waals surface area contributed by atoms with E-state index in [-0.39, 0.29) is 0 Å². The molecule has 2 atom stereocenters. The minimum absolute atomic E-state index is 0.369. The van der Waals surface area contributed by atoms with Gasteiger partial charge in [0.1, 0.15) is 0 Å². The summed E-state index contributed by atoms with van der Waals surface area (Å²) in [5, 5.41) is 0. The van der Waals surface area contributed by atoms with Crippen LogP contribution in [0.1, 0.15) is 45.2 Å². The Morgan fingerprint density at radius 1 is 1.10 bits per heavy atom. The smallest absolute Gasteiger partial charge is 0.0476 e. The first kappa shape index (κ1) is 14.1. The zero-order valence-electron chi connectivity index (χ0n) is 13.2. The topological polar surface area (TPSA) is 6.48 Å². The van der Waals surface area contributed by atoms with E-state index in [0.717, 1.165) is 6.04 Å². The summed E-state index contributed by atoms with van der Waals surface area (Å²) >= 11 is 0. The second kappa shape index (κ2) is 5.50. The summed E-state index contributed by atoms with van der Waals surface area (Å²) in [7, 11) is 0. The van der Waals surface area contributed by atoms with Gasteiger partial charge in [0.2, 0.25) is 0 Å². The molecule has 2 nitrogen and oxygen atoms in total. The zero-order chi connectivity index (χ0) is 14.2. The number of piperazine rings is 1. The first-order chi connectivity index (χ1) is 9.53. The van der Waals surface area contributed by atoms with Crippen molar-refractivity contribution in [3.63, 3.8) is 0 Å². The molecular formula is C18H28N2. The van der Waals surface area contributed by atoms with Crippen molar-refractivity contribution in [3.05, 3.63) is 35.9 Å². The van der Waals surface area contributed by atoms with Gasteiger partial charge in [0.25, 0.3) is 0 Å². The Labute approximate surface area is 123 Å². The lowest BCUT2D eigenvalue weighted by Gasteiger charge is -2.46. The second-order valence-corrected chi connectivity index (χ2v) is 7.71. The van der Waals surface area contributed by atoms with Crippen LogP contribution in [0.2, 0.25) is 0 Å². The van der Waals surface area contributed by atoms with Crippen molar-refractivity contribution in [3.8, 4) is 0 Å². The van der Waals surface area contributed by atoms with Crippen molar-refractivity contribution in [2.24, 2.45) is 5.41 Å². The molecule has 0 N–H and O–H groups in total. The summed E-state index contributed by atoms with van der Waals surface area (Å²) in [6.45, 7) is 12.0. The SMILES string of the molecule is CC(C)(C)CN1CC2CCCN2CC1c1ccccc1. The van der Waals surface area contributed by atoms with E-state index in [1.54, 1.807) is 0 Å². The van der Waals surface area contributed by atoms with Gasteiger partial charge in [-0.1, -0.05) is 51.1 Å². The third-order valence-corrected chi connectivity index (χ3v) is 4.65. The van der Waals surface area contributed by atoms with Crippen LogP contribution in [-0.2, 0) is 0 Å². The van der Waals surface area contributed by atoms with Gasteiger partial charge in [-0.05, 0) is 30.4 Å². The van der Waals surface area contributed by atoms with Crippen molar-refractivity contribution in [2.75, 3.05) is 26.2 Å². The predicted molar refractivity (Wildman–Crippen MR) is 84.8 cm³/mol. The minimum atomic E-state index is 0.369. The van der Waals surface area contributed by atoms with Crippen LogP contribution in [0.25, 0.3) is 0 Å². The van der Waals surface area contributed by atoms with Crippen LogP contribution in [0.5, 0.6) is 0 Å². The molecule has 0 bridgehead atoms. The molecule has 0 spiro atoms. The molecule has 2 fully saturated rings. The summed E-state index contributed by atoms with van der Waals surface area (Å²) in [4.78, 5) is 5.46. The van der Waals surface area contributed by atoms with Crippen LogP contribution in [0.15, 0.2) is 30.3 Å². The quantitative estimate of drug-likeness (QED) is 0.812. The first-order valence-electron chi connectivity index (χ1n) is 8.06. The summed E-state index contributed by atoms with van der Waals surface area (Å²) in [6.07, 6.45) is 2.78. The molecular weight excluding hydrogens is 244 g/mol. The van der Waals surface area contributed by atoms with Crippen molar-refractivity contribution >= 4 is 0 Å². The van der Waals surface area contributed by atoms with E-state index in [4.69, 9.17) is 0 Å².